The van der Waals surface area contributed by atoms with E-state index in [1.807, 2.05) is 41.3 Å². The summed E-state index contributed by atoms with van der Waals surface area (Å²) in [5, 5.41) is 26.1. The summed E-state index contributed by atoms with van der Waals surface area (Å²) in [6, 6.07) is 14.5. The van der Waals surface area contributed by atoms with Crippen molar-refractivity contribution < 1.29 is 19.2 Å². The number of benzene rings is 2. The first-order chi connectivity index (χ1) is 16.6. The van der Waals surface area contributed by atoms with Gasteiger partial charge in [-0.15, -0.1) is 0 Å². The highest BCUT2D eigenvalue weighted by atomic mass is 16.6. The number of hydrogen-bond donors (Lipinski definition) is 2. The molecule has 3 rings (SSSR count). The number of nitro groups is 1. The van der Waals surface area contributed by atoms with Gasteiger partial charge in [0.2, 0.25) is 5.91 Å². The molecule has 2 aromatic rings. The number of amides is 2. The first-order valence-electron chi connectivity index (χ1n) is 11.3. The van der Waals surface area contributed by atoms with Gasteiger partial charge in [0.1, 0.15) is 17.7 Å². The largest absolute Gasteiger partial charge is 0.444 e. The van der Waals surface area contributed by atoms with Crippen molar-refractivity contribution >= 4 is 23.4 Å². The van der Waals surface area contributed by atoms with Gasteiger partial charge >= 0.3 is 6.09 Å². The number of hydrogen-bond acceptors (Lipinski definition) is 7. The fourth-order valence-corrected chi connectivity index (χ4v) is 3.91. The van der Waals surface area contributed by atoms with Gasteiger partial charge in [0.25, 0.3) is 5.69 Å². The minimum absolute atomic E-state index is 0.147. The Morgan fingerprint density at radius 1 is 1.26 bits per heavy atom. The van der Waals surface area contributed by atoms with Crippen molar-refractivity contribution in [2.75, 3.05) is 18.0 Å². The Hall–Kier alpha value is -4.13. The van der Waals surface area contributed by atoms with Gasteiger partial charge in [-0.3, -0.25) is 14.9 Å². The summed E-state index contributed by atoms with van der Waals surface area (Å²) in [5.74, 6) is -0.337. The average Bonchev–Trinajstić information content (AvgIpc) is 3.25. The molecule has 1 heterocycles. The number of nitriles is 1. The van der Waals surface area contributed by atoms with Crippen LogP contribution in [0.3, 0.4) is 0 Å². The molecule has 0 aliphatic carbocycles. The van der Waals surface area contributed by atoms with E-state index in [0.29, 0.717) is 31.6 Å². The number of alkyl carbamates (subject to hydrolysis) is 1. The van der Waals surface area contributed by atoms with E-state index in [1.165, 1.54) is 12.1 Å². The monoisotopic (exact) mass is 479 g/mol. The molecular formula is C25H29N5O5. The second kappa shape index (κ2) is 10.9. The molecular weight excluding hydrogens is 450 g/mol. The van der Waals surface area contributed by atoms with Crippen LogP contribution in [0.2, 0.25) is 0 Å². The van der Waals surface area contributed by atoms with Crippen LogP contribution >= 0.6 is 0 Å². The molecule has 1 fully saturated rings. The Morgan fingerprint density at radius 3 is 2.60 bits per heavy atom. The number of non-ortho nitro benzene ring substituents is 1. The third kappa shape index (κ3) is 7.17. The van der Waals surface area contributed by atoms with E-state index in [0.717, 1.165) is 5.56 Å². The van der Waals surface area contributed by atoms with Crippen molar-refractivity contribution in [2.45, 2.75) is 51.3 Å². The van der Waals surface area contributed by atoms with Crippen molar-refractivity contribution in [2.24, 2.45) is 0 Å². The van der Waals surface area contributed by atoms with Crippen LogP contribution in [-0.2, 0) is 16.0 Å². The highest BCUT2D eigenvalue weighted by Gasteiger charge is 2.30. The van der Waals surface area contributed by atoms with Crippen LogP contribution < -0.4 is 15.5 Å². The van der Waals surface area contributed by atoms with E-state index < -0.39 is 22.7 Å². The molecule has 1 aliphatic rings. The van der Waals surface area contributed by atoms with Crippen molar-refractivity contribution in [1.82, 2.24) is 10.6 Å². The van der Waals surface area contributed by atoms with Gasteiger partial charge in [-0.2, -0.15) is 5.26 Å². The van der Waals surface area contributed by atoms with Gasteiger partial charge in [0.15, 0.2) is 0 Å². The lowest BCUT2D eigenvalue weighted by atomic mass is 10.0. The molecule has 0 unspecified atom stereocenters. The highest BCUT2D eigenvalue weighted by Crippen LogP contribution is 2.28. The third-order valence-electron chi connectivity index (χ3n) is 5.48. The zero-order valence-electron chi connectivity index (χ0n) is 20.0. The Morgan fingerprint density at radius 2 is 1.97 bits per heavy atom. The molecule has 0 bridgehead atoms. The predicted octanol–water partition coefficient (Wildman–Crippen LogP) is 3.30. The number of nitro benzene ring substituents is 1. The molecule has 2 N–H and O–H groups in total. The van der Waals surface area contributed by atoms with Crippen molar-refractivity contribution in [1.29, 1.82) is 5.26 Å². The van der Waals surface area contributed by atoms with Crippen LogP contribution in [0.4, 0.5) is 16.2 Å². The van der Waals surface area contributed by atoms with Gasteiger partial charge in [0, 0.05) is 37.7 Å². The molecule has 10 nitrogen and oxygen atoms in total. The quantitative estimate of drug-likeness (QED) is 0.459. The molecule has 1 saturated heterocycles. The SMILES string of the molecule is CC(C)(C)OC(=O)N[C@@H](Cc1ccccc1)C(=O)N[C@H]1CCN(c2ccc([N+](=O)[O-])cc2C#N)C1. The van der Waals surface area contributed by atoms with Crippen molar-refractivity contribution in [3.63, 3.8) is 0 Å². The molecule has 1 aliphatic heterocycles. The zero-order chi connectivity index (χ0) is 25.6. The predicted molar refractivity (Wildman–Crippen MR) is 130 cm³/mol. The second-order valence-electron chi connectivity index (χ2n) is 9.40. The summed E-state index contributed by atoms with van der Waals surface area (Å²) < 4.78 is 5.34. The highest BCUT2D eigenvalue weighted by molar-refractivity contribution is 5.86. The first-order valence-corrected chi connectivity index (χ1v) is 11.3. The third-order valence-corrected chi connectivity index (χ3v) is 5.48. The summed E-state index contributed by atoms with van der Waals surface area (Å²) >= 11 is 0. The van der Waals surface area contributed by atoms with Crippen LogP contribution in [0.5, 0.6) is 0 Å². The molecule has 184 valence electrons. The van der Waals surface area contributed by atoms with Crippen molar-refractivity contribution in [3.05, 3.63) is 69.8 Å². The van der Waals surface area contributed by atoms with Gasteiger partial charge < -0.3 is 20.3 Å². The van der Waals surface area contributed by atoms with Crippen LogP contribution in [-0.4, -0.2) is 47.7 Å². The maximum atomic E-state index is 13.2. The van der Waals surface area contributed by atoms with Gasteiger partial charge in [0.05, 0.1) is 16.2 Å². The molecule has 0 saturated carbocycles. The fourth-order valence-electron chi connectivity index (χ4n) is 3.91. The van der Waals surface area contributed by atoms with E-state index in [-0.39, 0.29) is 23.2 Å². The molecule has 0 spiro atoms. The van der Waals surface area contributed by atoms with E-state index >= 15 is 0 Å². The molecule has 10 heteroatoms. The minimum atomic E-state index is -0.838. The lowest BCUT2D eigenvalue weighted by Crippen LogP contribution is -2.52. The number of ether oxygens (including phenoxy) is 1. The zero-order valence-corrected chi connectivity index (χ0v) is 20.0. The maximum Gasteiger partial charge on any atom is 0.408 e. The Bertz CT molecular complexity index is 1120. The number of nitrogens with zero attached hydrogens (tertiary/aromatic N) is 3. The summed E-state index contributed by atoms with van der Waals surface area (Å²) in [5.41, 5.74) is 0.836. The summed E-state index contributed by atoms with van der Waals surface area (Å²) in [7, 11) is 0. The topological polar surface area (TPSA) is 138 Å². The Kier molecular flexibility index (Phi) is 7.91. The summed E-state index contributed by atoms with van der Waals surface area (Å²) in [4.78, 5) is 37.9. The van der Waals surface area contributed by atoms with Gasteiger partial charge in [-0.1, -0.05) is 30.3 Å². The number of carbonyl (C=O) groups is 2. The molecule has 0 aromatic heterocycles. The van der Waals surface area contributed by atoms with Crippen LogP contribution in [0.1, 0.15) is 38.3 Å². The standard InChI is InChI=1S/C25H29N5O5/c1-25(2,3)35-24(32)28-21(13-17-7-5-4-6-8-17)23(31)27-19-11-12-29(16-19)22-10-9-20(30(33)34)14-18(22)15-26/h4-10,14,19,21H,11-13,16H2,1-3H3,(H,27,31)(H,28,32)/t19-,21-/m0/s1. The van der Waals surface area contributed by atoms with E-state index in [2.05, 4.69) is 10.6 Å². The lowest BCUT2D eigenvalue weighted by Gasteiger charge is -2.25. The fraction of sp³-hybridized carbons (Fsp3) is 0.400. The Labute approximate surface area is 204 Å². The average molecular weight is 480 g/mol. The molecule has 0 radical (unpaired) electrons. The second-order valence-corrected chi connectivity index (χ2v) is 9.40. The molecule has 2 amide bonds. The van der Waals surface area contributed by atoms with Crippen molar-refractivity contribution in [3.8, 4) is 6.07 Å². The number of anilines is 1. The van der Waals surface area contributed by atoms with Crippen LogP contribution in [0.15, 0.2) is 48.5 Å². The smallest absolute Gasteiger partial charge is 0.408 e. The number of nitrogens with one attached hydrogen (secondary N) is 2. The normalized spacial score (nSPS) is 16.2. The number of carbonyl (C=O) groups excluding carboxylic acids is 2. The summed E-state index contributed by atoms with van der Waals surface area (Å²) in [6.07, 6.45) is 0.243. The minimum Gasteiger partial charge on any atom is -0.444 e. The van der Waals surface area contributed by atoms with Crippen LogP contribution in [0.25, 0.3) is 0 Å². The maximum absolute atomic E-state index is 13.2. The van der Waals surface area contributed by atoms with E-state index in [9.17, 15) is 25.0 Å². The van der Waals surface area contributed by atoms with Crippen LogP contribution in [0, 0.1) is 21.4 Å². The molecule has 35 heavy (non-hydrogen) atoms. The van der Waals surface area contributed by atoms with Gasteiger partial charge in [-0.05, 0) is 38.8 Å². The molecule has 2 aromatic carbocycles. The van der Waals surface area contributed by atoms with E-state index in [4.69, 9.17) is 4.74 Å². The first kappa shape index (κ1) is 25.5. The van der Waals surface area contributed by atoms with Gasteiger partial charge in [-0.25, -0.2) is 4.79 Å². The summed E-state index contributed by atoms with van der Waals surface area (Å²) in [6.45, 7) is 6.25. The number of rotatable bonds is 7. The Balaban J connectivity index is 1.69. The lowest BCUT2D eigenvalue weighted by molar-refractivity contribution is -0.384. The molecule has 2 atom stereocenters. The van der Waals surface area contributed by atoms with E-state index in [1.54, 1.807) is 26.8 Å².